The Kier molecular flexibility index (Phi) is 3.43. The van der Waals surface area contributed by atoms with Crippen LogP contribution in [0.1, 0.15) is 11.1 Å². The van der Waals surface area contributed by atoms with Crippen molar-refractivity contribution in [1.29, 1.82) is 0 Å². The third-order valence-corrected chi connectivity index (χ3v) is 3.52. The van der Waals surface area contributed by atoms with Crippen LogP contribution in [0.2, 0.25) is 0 Å². The Labute approximate surface area is 127 Å². The molecule has 0 amide bonds. The van der Waals surface area contributed by atoms with Crippen LogP contribution in [0.15, 0.2) is 42.5 Å². The fraction of sp³-hybridized carbons (Fsp3) is 0.118. The molecule has 0 bridgehead atoms. The van der Waals surface area contributed by atoms with E-state index in [9.17, 15) is 4.39 Å². The van der Waals surface area contributed by atoms with E-state index in [1.54, 1.807) is 22.8 Å². The van der Waals surface area contributed by atoms with Gasteiger partial charge >= 0.3 is 5.95 Å². The molecule has 0 atom stereocenters. The van der Waals surface area contributed by atoms with Gasteiger partial charge in [-0.05, 0) is 42.2 Å². The molecule has 0 saturated heterocycles. The second-order valence-corrected chi connectivity index (χ2v) is 4.99. The van der Waals surface area contributed by atoms with Crippen molar-refractivity contribution in [2.75, 3.05) is 0 Å². The van der Waals surface area contributed by atoms with Gasteiger partial charge in [0.15, 0.2) is 0 Å². The molecule has 2 aromatic carbocycles. The third kappa shape index (κ3) is 2.15. The minimum absolute atomic E-state index is 0.121. The van der Waals surface area contributed by atoms with E-state index in [0.29, 0.717) is 11.4 Å². The second-order valence-electron chi connectivity index (χ2n) is 4.99. The van der Waals surface area contributed by atoms with E-state index in [4.69, 9.17) is 6.57 Å². The average Bonchev–Trinajstić information content (AvgIpc) is 2.91. The first-order valence-corrected chi connectivity index (χ1v) is 6.78. The van der Waals surface area contributed by atoms with Crippen molar-refractivity contribution in [3.63, 3.8) is 0 Å². The van der Waals surface area contributed by atoms with Crippen LogP contribution >= 0.6 is 0 Å². The maximum absolute atomic E-state index is 14.1. The molecule has 0 unspecified atom stereocenters. The number of hydrogen-bond acceptors (Lipinski definition) is 2. The van der Waals surface area contributed by atoms with Gasteiger partial charge in [0.2, 0.25) is 5.82 Å². The molecule has 3 rings (SSSR count). The van der Waals surface area contributed by atoms with Gasteiger partial charge in [-0.2, -0.15) is 0 Å². The summed E-state index contributed by atoms with van der Waals surface area (Å²) < 4.78 is 15.7. The summed E-state index contributed by atoms with van der Waals surface area (Å²) in [5, 5.41) is 7.94. The lowest BCUT2D eigenvalue weighted by atomic mass is 10.1. The summed E-state index contributed by atoms with van der Waals surface area (Å²) in [6.45, 7) is 11.2. The lowest BCUT2D eigenvalue weighted by Gasteiger charge is -2.11. The van der Waals surface area contributed by atoms with Crippen LogP contribution in [0, 0.1) is 26.2 Å². The van der Waals surface area contributed by atoms with Gasteiger partial charge in [-0.15, -0.1) is 6.57 Å². The lowest BCUT2D eigenvalue weighted by Crippen LogP contribution is -2.03. The fourth-order valence-electron chi connectivity index (χ4n) is 2.53. The molecule has 0 aliphatic heterocycles. The highest BCUT2D eigenvalue weighted by atomic mass is 19.1. The van der Waals surface area contributed by atoms with E-state index in [1.807, 2.05) is 32.0 Å². The molecule has 1 heterocycles. The van der Waals surface area contributed by atoms with E-state index in [-0.39, 0.29) is 11.8 Å². The minimum atomic E-state index is -0.390. The Bertz CT molecular complexity index is 870. The van der Waals surface area contributed by atoms with Crippen LogP contribution in [-0.4, -0.2) is 14.8 Å². The molecule has 0 spiro atoms. The molecule has 0 aliphatic rings. The molecule has 1 aromatic heterocycles. The van der Waals surface area contributed by atoms with Crippen LogP contribution in [-0.2, 0) is 0 Å². The Morgan fingerprint density at radius 2 is 1.68 bits per heavy atom. The van der Waals surface area contributed by atoms with Gasteiger partial charge < -0.3 is 4.85 Å². The monoisotopic (exact) mass is 292 g/mol. The summed E-state index contributed by atoms with van der Waals surface area (Å²) in [5.74, 6) is 0.0658. The van der Waals surface area contributed by atoms with E-state index in [2.05, 4.69) is 15.0 Å². The molecule has 22 heavy (non-hydrogen) atoms. The standard InChI is InChI=1S/C17H13FN4/c1-11-7-6-8-12(2)15(11)22-16(20-21-17(22)19-3)13-9-4-5-10-14(13)18/h4-10H,1-2H3. The van der Waals surface area contributed by atoms with Gasteiger partial charge in [0.1, 0.15) is 5.82 Å². The number of rotatable bonds is 2. The molecule has 0 N–H and O–H groups in total. The summed E-state index contributed by atoms with van der Waals surface area (Å²) in [6.07, 6.45) is 0. The number of benzene rings is 2. The highest BCUT2D eigenvalue weighted by Crippen LogP contribution is 2.31. The van der Waals surface area contributed by atoms with E-state index < -0.39 is 0 Å². The Hall–Kier alpha value is -3.00. The summed E-state index contributed by atoms with van der Waals surface area (Å²) in [7, 11) is 0. The van der Waals surface area contributed by atoms with Crippen LogP contribution in [0.3, 0.4) is 0 Å². The highest BCUT2D eigenvalue weighted by molar-refractivity contribution is 5.65. The van der Waals surface area contributed by atoms with Crippen LogP contribution in [0.4, 0.5) is 10.3 Å². The third-order valence-electron chi connectivity index (χ3n) is 3.52. The number of nitrogens with zero attached hydrogens (tertiary/aromatic N) is 4. The van der Waals surface area contributed by atoms with Crippen molar-refractivity contribution < 1.29 is 4.39 Å². The fourth-order valence-corrected chi connectivity index (χ4v) is 2.53. The molecule has 5 heteroatoms. The second kappa shape index (κ2) is 5.41. The van der Waals surface area contributed by atoms with Gasteiger partial charge in [-0.1, -0.05) is 35.4 Å². The van der Waals surface area contributed by atoms with Crippen LogP contribution in [0.5, 0.6) is 0 Å². The first-order chi connectivity index (χ1) is 10.6. The SMILES string of the molecule is [C-]#[N+]c1nnc(-c2ccccc2F)n1-c1c(C)cccc1C. The van der Waals surface area contributed by atoms with Crippen LogP contribution < -0.4 is 0 Å². The van der Waals surface area contributed by atoms with Crippen molar-refractivity contribution in [3.05, 3.63) is 70.8 Å². The Morgan fingerprint density at radius 1 is 1.00 bits per heavy atom. The van der Waals surface area contributed by atoms with Crippen molar-refractivity contribution in [2.24, 2.45) is 0 Å². The van der Waals surface area contributed by atoms with Crippen molar-refractivity contribution in [1.82, 2.24) is 14.8 Å². The van der Waals surface area contributed by atoms with Gasteiger partial charge in [0.25, 0.3) is 0 Å². The predicted molar refractivity (Wildman–Crippen MR) is 82.5 cm³/mol. The normalized spacial score (nSPS) is 10.5. The lowest BCUT2D eigenvalue weighted by molar-refractivity contribution is 0.629. The maximum Gasteiger partial charge on any atom is 0.367 e. The highest BCUT2D eigenvalue weighted by Gasteiger charge is 2.23. The molecule has 3 aromatic rings. The molecule has 0 saturated carbocycles. The van der Waals surface area contributed by atoms with Crippen molar-refractivity contribution in [3.8, 4) is 17.1 Å². The number of aromatic nitrogens is 3. The summed E-state index contributed by atoms with van der Waals surface area (Å²) >= 11 is 0. The Balaban J connectivity index is 2.36. The Morgan fingerprint density at radius 3 is 2.32 bits per heavy atom. The van der Waals surface area contributed by atoms with Crippen molar-refractivity contribution >= 4 is 5.95 Å². The smallest absolute Gasteiger partial charge is 0.367 e. The summed E-state index contributed by atoms with van der Waals surface area (Å²) in [4.78, 5) is 3.42. The first-order valence-electron chi connectivity index (χ1n) is 6.78. The quantitative estimate of drug-likeness (QED) is 0.662. The van der Waals surface area contributed by atoms with Crippen LogP contribution in [0.25, 0.3) is 21.9 Å². The summed E-state index contributed by atoms with van der Waals surface area (Å²) in [6, 6.07) is 12.2. The van der Waals surface area contributed by atoms with E-state index >= 15 is 0 Å². The van der Waals surface area contributed by atoms with E-state index in [0.717, 1.165) is 16.8 Å². The molecule has 0 aliphatic carbocycles. The topological polar surface area (TPSA) is 35.1 Å². The molecule has 4 nitrogen and oxygen atoms in total. The maximum atomic E-state index is 14.1. The number of para-hydroxylation sites is 1. The minimum Gasteiger partial charge on any atom is -0.395 e. The summed E-state index contributed by atoms with van der Waals surface area (Å²) in [5.41, 5.74) is 3.09. The molecule has 0 radical (unpaired) electrons. The van der Waals surface area contributed by atoms with Crippen molar-refractivity contribution in [2.45, 2.75) is 13.8 Å². The molecule has 108 valence electrons. The average molecular weight is 292 g/mol. The molecule has 0 fully saturated rings. The zero-order valence-electron chi connectivity index (χ0n) is 12.2. The predicted octanol–water partition coefficient (Wildman–Crippen LogP) is 4.24. The van der Waals surface area contributed by atoms with Gasteiger partial charge in [0.05, 0.1) is 11.3 Å². The first kappa shape index (κ1) is 14.0. The number of aryl methyl sites for hydroxylation is 2. The van der Waals surface area contributed by atoms with Gasteiger partial charge in [0, 0.05) is 0 Å². The van der Waals surface area contributed by atoms with Gasteiger partial charge in [-0.25, -0.2) is 8.96 Å². The largest absolute Gasteiger partial charge is 0.395 e. The zero-order chi connectivity index (χ0) is 15.7. The van der Waals surface area contributed by atoms with E-state index in [1.165, 1.54) is 6.07 Å². The van der Waals surface area contributed by atoms with Gasteiger partial charge in [-0.3, -0.25) is 0 Å². The molecular formula is C17H13FN4. The zero-order valence-corrected chi connectivity index (χ0v) is 12.2. The number of halogens is 1. The molecular weight excluding hydrogens is 279 g/mol. The number of hydrogen-bond donors (Lipinski definition) is 0.